The summed E-state index contributed by atoms with van der Waals surface area (Å²) in [7, 11) is 3.58. The van der Waals surface area contributed by atoms with Crippen LogP contribution in [0.15, 0.2) is 18.2 Å². The van der Waals surface area contributed by atoms with Crippen molar-refractivity contribution < 1.29 is 9.90 Å². The summed E-state index contributed by atoms with van der Waals surface area (Å²) < 4.78 is 0. The Balaban J connectivity index is 2.28. The highest BCUT2D eigenvalue weighted by Crippen LogP contribution is 2.29. The van der Waals surface area contributed by atoms with Crippen LogP contribution in [0.25, 0.3) is 0 Å². The van der Waals surface area contributed by atoms with E-state index in [0.717, 1.165) is 16.8 Å². The number of hydrogen-bond acceptors (Lipinski definition) is 3. The molecule has 0 radical (unpaired) electrons. The Morgan fingerprint density at radius 2 is 2.31 bits per heavy atom. The number of aliphatic hydroxyl groups excluding tert-OH is 1. The molecule has 4 heteroatoms. The molecule has 1 aliphatic heterocycles. The smallest absolute Gasteiger partial charge is 0.231 e. The summed E-state index contributed by atoms with van der Waals surface area (Å²) in [5, 5.41) is 12.7. The Kier molecular flexibility index (Phi) is 2.94. The minimum atomic E-state index is -0.517. The number of anilines is 1. The number of hydrogen-bond donors (Lipinski definition) is 2. The zero-order valence-corrected chi connectivity index (χ0v) is 9.53. The second-order valence-corrected chi connectivity index (χ2v) is 4.09. The van der Waals surface area contributed by atoms with E-state index in [1.165, 1.54) is 0 Å². The topological polar surface area (TPSA) is 52.6 Å². The first-order chi connectivity index (χ1) is 7.63. The molecule has 1 aromatic rings. The van der Waals surface area contributed by atoms with Crippen molar-refractivity contribution in [2.75, 3.05) is 25.5 Å². The van der Waals surface area contributed by atoms with Crippen molar-refractivity contribution >= 4 is 11.6 Å². The lowest BCUT2D eigenvalue weighted by molar-refractivity contribution is -0.117. The van der Waals surface area contributed by atoms with E-state index in [1.54, 1.807) is 19.0 Å². The summed E-state index contributed by atoms with van der Waals surface area (Å²) in [6.07, 6.45) is -0.0809. The highest BCUT2D eigenvalue weighted by molar-refractivity contribution is 6.00. The fourth-order valence-corrected chi connectivity index (χ4v) is 2.01. The zero-order valence-electron chi connectivity index (χ0n) is 9.53. The second kappa shape index (κ2) is 4.23. The number of fused-ring (bicyclic) bond motifs is 1. The van der Waals surface area contributed by atoms with Crippen LogP contribution in [0.1, 0.15) is 17.2 Å². The SMILES string of the molecule is CNCC(O)c1ccc2c(c1)CC(=O)N2C. The van der Waals surface area contributed by atoms with Gasteiger partial charge in [-0.15, -0.1) is 0 Å². The molecule has 4 nitrogen and oxygen atoms in total. The van der Waals surface area contributed by atoms with Gasteiger partial charge in [-0.05, 0) is 24.2 Å². The van der Waals surface area contributed by atoms with Gasteiger partial charge >= 0.3 is 0 Å². The normalized spacial score (nSPS) is 16.4. The van der Waals surface area contributed by atoms with Gasteiger partial charge < -0.3 is 15.3 Å². The Morgan fingerprint density at radius 1 is 1.56 bits per heavy atom. The fraction of sp³-hybridized carbons (Fsp3) is 0.417. The Hall–Kier alpha value is -1.39. The van der Waals surface area contributed by atoms with Crippen LogP contribution in [0, 0.1) is 0 Å². The predicted octanol–water partition coefficient (Wildman–Crippen LogP) is 0.458. The van der Waals surface area contributed by atoms with Crippen LogP contribution < -0.4 is 10.2 Å². The van der Waals surface area contributed by atoms with Gasteiger partial charge in [-0.25, -0.2) is 0 Å². The average Bonchev–Trinajstić information content (AvgIpc) is 2.55. The molecule has 0 fully saturated rings. The quantitative estimate of drug-likeness (QED) is 0.778. The van der Waals surface area contributed by atoms with E-state index in [2.05, 4.69) is 5.32 Å². The highest BCUT2D eigenvalue weighted by atomic mass is 16.3. The number of benzene rings is 1. The Morgan fingerprint density at radius 3 is 3.00 bits per heavy atom. The molecule has 2 rings (SSSR count). The van der Waals surface area contributed by atoms with Crippen molar-refractivity contribution in [2.24, 2.45) is 0 Å². The van der Waals surface area contributed by atoms with E-state index in [0.29, 0.717) is 13.0 Å². The molecule has 0 aliphatic carbocycles. The molecule has 2 N–H and O–H groups in total. The number of nitrogens with zero attached hydrogens (tertiary/aromatic N) is 1. The maximum absolute atomic E-state index is 11.5. The second-order valence-electron chi connectivity index (χ2n) is 4.09. The van der Waals surface area contributed by atoms with Crippen molar-refractivity contribution in [1.29, 1.82) is 0 Å². The fourth-order valence-electron chi connectivity index (χ4n) is 2.01. The monoisotopic (exact) mass is 220 g/mol. The van der Waals surface area contributed by atoms with Crippen molar-refractivity contribution in [1.82, 2.24) is 5.32 Å². The van der Waals surface area contributed by atoms with Crippen LogP contribution in [0.3, 0.4) is 0 Å². The summed E-state index contributed by atoms with van der Waals surface area (Å²) in [5.41, 5.74) is 2.81. The van der Waals surface area contributed by atoms with E-state index in [1.807, 2.05) is 18.2 Å². The van der Waals surface area contributed by atoms with Crippen molar-refractivity contribution in [3.63, 3.8) is 0 Å². The van der Waals surface area contributed by atoms with Gasteiger partial charge in [0.05, 0.1) is 12.5 Å². The summed E-state index contributed by atoms with van der Waals surface area (Å²) >= 11 is 0. The minimum Gasteiger partial charge on any atom is -0.387 e. The van der Waals surface area contributed by atoms with Crippen LogP contribution in [0.2, 0.25) is 0 Å². The lowest BCUT2D eigenvalue weighted by atomic mass is 10.0. The maximum Gasteiger partial charge on any atom is 0.231 e. The number of likely N-dealkylation sites (N-methyl/N-ethyl adjacent to an activating group) is 2. The molecule has 1 amide bonds. The average molecular weight is 220 g/mol. The molecule has 1 atom stereocenters. The van der Waals surface area contributed by atoms with Crippen LogP contribution in [0.5, 0.6) is 0 Å². The van der Waals surface area contributed by atoms with Gasteiger partial charge in [0.15, 0.2) is 0 Å². The zero-order chi connectivity index (χ0) is 11.7. The Bertz CT molecular complexity index is 417. The first-order valence-corrected chi connectivity index (χ1v) is 5.35. The molecular formula is C12H16N2O2. The molecule has 0 aromatic heterocycles. The van der Waals surface area contributed by atoms with Gasteiger partial charge in [0.1, 0.15) is 0 Å². The maximum atomic E-state index is 11.5. The number of carbonyl (C=O) groups excluding carboxylic acids is 1. The number of carbonyl (C=O) groups is 1. The predicted molar refractivity (Wildman–Crippen MR) is 62.4 cm³/mol. The lowest BCUT2D eigenvalue weighted by Gasteiger charge is -2.13. The van der Waals surface area contributed by atoms with E-state index in [9.17, 15) is 9.90 Å². The third kappa shape index (κ3) is 1.81. The standard InChI is InChI=1S/C12H16N2O2/c1-13-7-11(15)8-3-4-10-9(5-8)6-12(16)14(10)2/h3-5,11,13,15H,6-7H2,1-2H3. The molecule has 1 aromatic carbocycles. The Labute approximate surface area is 94.9 Å². The molecule has 1 unspecified atom stereocenters. The summed E-state index contributed by atoms with van der Waals surface area (Å²) in [6, 6.07) is 5.68. The molecule has 86 valence electrons. The van der Waals surface area contributed by atoms with Gasteiger partial charge in [0.25, 0.3) is 0 Å². The van der Waals surface area contributed by atoms with Crippen molar-refractivity contribution in [3.8, 4) is 0 Å². The molecule has 0 spiro atoms. The van der Waals surface area contributed by atoms with Gasteiger partial charge in [0, 0.05) is 19.3 Å². The van der Waals surface area contributed by atoms with Crippen LogP contribution >= 0.6 is 0 Å². The number of rotatable bonds is 3. The highest BCUT2D eigenvalue weighted by Gasteiger charge is 2.24. The third-order valence-corrected chi connectivity index (χ3v) is 2.96. The van der Waals surface area contributed by atoms with Gasteiger partial charge in [-0.1, -0.05) is 12.1 Å². The molecule has 16 heavy (non-hydrogen) atoms. The van der Waals surface area contributed by atoms with Crippen molar-refractivity contribution in [3.05, 3.63) is 29.3 Å². The van der Waals surface area contributed by atoms with E-state index in [-0.39, 0.29) is 5.91 Å². The summed E-state index contributed by atoms with van der Waals surface area (Å²) in [4.78, 5) is 13.1. The van der Waals surface area contributed by atoms with Gasteiger partial charge in [-0.2, -0.15) is 0 Å². The van der Waals surface area contributed by atoms with Gasteiger partial charge in [-0.3, -0.25) is 4.79 Å². The largest absolute Gasteiger partial charge is 0.387 e. The molecule has 0 saturated carbocycles. The third-order valence-electron chi connectivity index (χ3n) is 2.96. The number of nitrogens with one attached hydrogen (secondary N) is 1. The number of aliphatic hydroxyl groups is 1. The summed E-state index contributed by atoms with van der Waals surface area (Å²) in [6.45, 7) is 0.516. The molecule has 0 bridgehead atoms. The van der Waals surface area contributed by atoms with E-state index in [4.69, 9.17) is 0 Å². The van der Waals surface area contributed by atoms with Crippen molar-refractivity contribution in [2.45, 2.75) is 12.5 Å². The molecule has 1 aliphatic rings. The van der Waals surface area contributed by atoms with E-state index < -0.39 is 6.10 Å². The first-order valence-electron chi connectivity index (χ1n) is 5.35. The lowest BCUT2D eigenvalue weighted by Crippen LogP contribution is -2.20. The molecule has 0 saturated heterocycles. The minimum absolute atomic E-state index is 0.107. The van der Waals surface area contributed by atoms with E-state index >= 15 is 0 Å². The number of amides is 1. The van der Waals surface area contributed by atoms with Crippen LogP contribution in [-0.2, 0) is 11.2 Å². The molecule has 1 heterocycles. The molecular weight excluding hydrogens is 204 g/mol. The van der Waals surface area contributed by atoms with Crippen LogP contribution in [0.4, 0.5) is 5.69 Å². The summed E-state index contributed by atoms with van der Waals surface area (Å²) in [5.74, 6) is 0.107. The first kappa shape index (κ1) is 11.1. The van der Waals surface area contributed by atoms with Gasteiger partial charge in [0.2, 0.25) is 5.91 Å². The van der Waals surface area contributed by atoms with Crippen LogP contribution in [-0.4, -0.2) is 31.7 Å².